The fourth-order valence-electron chi connectivity index (χ4n) is 0.453. The maximum Gasteiger partial charge on any atom is 0.331 e. The van der Waals surface area contributed by atoms with E-state index in [2.05, 4.69) is 4.74 Å². The van der Waals surface area contributed by atoms with Gasteiger partial charge < -0.3 is 10.5 Å². The molecule has 2 N–H and O–H groups in total. The molecule has 1 saturated heterocycles. The minimum absolute atomic E-state index is 0.153. The lowest BCUT2D eigenvalue weighted by Crippen LogP contribution is -2.32. The van der Waals surface area contributed by atoms with E-state index in [9.17, 15) is 9.59 Å². The molecule has 0 radical (unpaired) electrons. The van der Waals surface area contributed by atoms with Crippen LogP contribution < -0.4 is 5.73 Å². The molecule has 0 aromatic heterocycles. The molecule has 1 heterocycles. The van der Waals surface area contributed by atoms with Crippen molar-refractivity contribution in [1.82, 2.24) is 0 Å². The van der Waals surface area contributed by atoms with Gasteiger partial charge in [-0.25, -0.2) is 4.79 Å². The lowest BCUT2D eigenvalue weighted by Gasteiger charge is -1.88. The van der Waals surface area contributed by atoms with Crippen molar-refractivity contribution in [2.24, 2.45) is 5.73 Å². The molecule has 1 aliphatic heterocycles. The van der Waals surface area contributed by atoms with Crippen LogP contribution in [0.3, 0.4) is 0 Å². The van der Waals surface area contributed by atoms with Crippen molar-refractivity contribution in [3.05, 3.63) is 0 Å². The Bertz CT molecular complexity index is 126. The summed E-state index contributed by atoms with van der Waals surface area (Å²) >= 11 is 0. The van der Waals surface area contributed by atoms with E-state index in [1.54, 1.807) is 0 Å². The fraction of sp³-hybridized carbons (Fsp3) is 0.500. The molecule has 0 amide bonds. The second kappa shape index (κ2) is 1.56. The predicted octanol–water partition coefficient (Wildman–Crippen LogP) is -1.56. The Labute approximate surface area is 45.6 Å². The summed E-state index contributed by atoms with van der Waals surface area (Å²) in [6, 6.07) is -1.02. The first kappa shape index (κ1) is 5.24. The molecule has 0 spiro atoms. The van der Waals surface area contributed by atoms with Crippen LogP contribution >= 0.6 is 0 Å². The fourth-order valence-corrected chi connectivity index (χ4v) is 0.453. The molecule has 0 aromatic carbocycles. The van der Waals surface area contributed by atoms with Crippen LogP contribution in [-0.2, 0) is 14.3 Å². The van der Waals surface area contributed by atoms with Gasteiger partial charge in [0, 0.05) is 0 Å². The van der Waals surface area contributed by atoms with Crippen LogP contribution in [0.25, 0.3) is 0 Å². The third-order valence-electron chi connectivity index (χ3n) is 0.958. The zero-order valence-electron chi connectivity index (χ0n) is 4.09. The molecule has 1 rings (SSSR count). The van der Waals surface area contributed by atoms with Gasteiger partial charge in [0.2, 0.25) is 0 Å². The van der Waals surface area contributed by atoms with E-state index in [0.29, 0.717) is 0 Å². The first-order valence-electron chi connectivity index (χ1n) is 2.17. The highest BCUT2D eigenvalue weighted by Gasteiger charge is 2.30. The Morgan fingerprint density at radius 3 is 2.38 bits per heavy atom. The van der Waals surface area contributed by atoms with Crippen LogP contribution in [-0.4, -0.2) is 24.4 Å². The number of hydrogen-bond acceptors (Lipinski definition) is 4. The molecular weight excluding hydrogens is 110 g/mol. The number of cyclic esters (lactones) is 1. The Balaban J connectivity index is 2.70. The average Bonchev–Trinajstić information content (AvgIpc) is 1.98. The normalized spacial score (nSPS) is 28.4. The van der Waals surface area contributed by atoms with Gasteiger partial charge in [-0.2, -0.15) is 0 Å². The molecular formula is C4H5NO3. The molecule has 0 aromatic rings. The smallest absolute Gasteiger partial charge is 0.331 e. The molecule has 0 unspecified atom stereocenters. The van der Waals surface area contributed by atoms with Gasteiger partial charge >= 0.3 is 5.97 Å². The van der Waals surface area contributed by atoms with Crippen LogP contribution in [0.2, 0.25) is 0 Å². The second-order valence-electron chi connectivity index (χ2n) is 1.55. The van der Waals surface area contributed by atoms with Gasteiger partial charge in [-0.15, -0.1) is 0 Å². The summed E-state index contributed by atoms with van der Waals surface area (Å²) in [6.45, 7) is -0.153. The first-order chi connectivity index (χ1) is 3.72. The van der Waals surface area contributed by atoms with Gasteiger partial charge in [-0.3, -0.25) is 4.79 Å². The number of carbonyl (C=O) groups excluding carboxylic acids is 2. The van der Waals surface area contributed by atoms with E-state index in [1.807, 2.05) is 0 Å². The van der Waals surface area contributed by atoms with Crippen molar-refractivity contribution in [3.8, 4) is 0 Å². The van der Waals surface area contributed by atoms with Crippen LogP contribution in [0.4, 0.5) is 0 Å². The summed E-state index contributed by atoms with van der Waals surface area (Å²) < 4.78 is 4.26. The number of carbonyl (C=O) groups is 2. The predicted molar refractivity (Wildman–Crippen MR) is 23.9 cm³/mol. The largest absolute Gasteiger partial charge is 0.456 e. The van der Waals surface area contributed by atoms with Crippen LogP contribution in [0.15, 0.2) is 0 Å². The summed E-state index contributed by atoms with van der Waals surface area (Å²) in [4.78, 5) is 20.5. The molecule has 4 nitrogen and oxygen atoms in total. The van der Waals surface area contributed by atoms with Gasteiger partial charge in [0.15, 0.2) is 18.4 Å². The third kappa shape index (κ3) is 0.586. The molecule has 0 saturated carbocycles. The zero-order chi connectivity index (χ0) is 6.15. The summed E-state index contributed by atoms with van der Waals surface area (Å²) in [5.74, 6) is -0.954. The molecule has 4 heteroatoms. The molecule has 8 heavy (non-hydrogen) atoms. The molecule has 1 aliphatic rings. The van der Waals surface area contributed by atoms with Crippen molar-refractivity contribution < 1.29 is 14.3 Å². The molecule has 0 bridgehead atoms. The summed E-state index contributed by atoms with van der Waals surface area (Å²) in [5.41, 5.74) is 5.00. The van der Waals surface area contributed by atoms with Gasteiger partial charge in [0.25, 0.3) is 0 Å². The number of ketones is 1. The molecule has 1 atom stereocenters. The van der Waals surface area contributed by atoms with Crippen molar-refractivity contribution in [2.45, 2.75) is 6.04 Å². The minimum Gasteiger partial charge on any atom is -0.456 e. The average molecular weight is 115 g/mol. The molecule has 1 fully saturated rings. The maximum atomic E-state index is 10.3. The van der Waals surface area contributed by atoms with Crippen LogP contribution in [0, 0.1) is 0 Å². The standard InChI is InChI=1S/C4H5NO3/c5-3-2(6)1-8-4(3)7/h3H,1,5H2/t3-/m0/s1. The number of Topliss-reactive ketones (excluding diaryl/α,β-unsaturated/α-hetero) is 1. The van der Waals surface area contributed by atoms with Crippen molar-refractivity contribution in [1.29, 1.82) is 0 Å². The van der Waals surface area contributed by atoms with E-state index < -0.39 is 12.0 Å². The van der Waals surface area contributed by atoms with E-state index >= 15 is 0 Å². The Kier molecular flexibility index (Phi) is 1.02. The summed E-state index contributed by atoms with van der Waals surface area (Å²) in [6.07, 6.45) is 0. The number of nitrogens with two attached hydrogens (primary N) is 1. The zero-order valence-corrected chi connectivity index (χ0v) is 4.09. The van der Waals surface area contributed by atoms with Crippen molar-refractivity contribution in [2.75, 3.05) is 6.61 Å². The van der Waals surface area contributed by atoms with E-state index in [4.69, 9.17) is 5.73 Å². The van der Waals surface area contributed by atoms with E-state index in [0.717, 1.165) is 0 Å². The lowest BCUT2D eigenvalue weighted by molar-refractivity contribution is -0.139. The quantitative estimate of drug-likeness (QED) is 0.306. The highest BCUT2D eigenvalue weighted by atomic mass is 16.5. The number of esters is 1. The van der Waals surface area contributed by atoms with Crippen LogP contribution in [0.1, 0.15) is 0 Å². The summed E-state index contributed by atoms with van der Waals surface area (Å²) in [5, 5.41) is 0. The van der Waals surface area contributed by atoms with E-state index in [1.165, 1.54) is 0 Å². The lowest BCUT2D eigenvalue weighted by atomic mass is 10.2. The highest BCUT2D eigenvalue weighted by molar-refractivity contribution is 6.08. The van der Waals surface area contributed by atoms with E-state index in [-0.39, 0.29) is 12.4 Å². The second-order valence-corrected chi connectivity index (χ2v) is 1.55. The number of rotatable bonds is 0. The van der Waals surface area contributed by atoms with Gasteiger partial charge in [0.1, 0.15) is 0 Å². The Morgan fingerprint density at radius 2 is 2.25 bits per heavy atom. The van der Waals surface area contributed by atoms with Gasteiger partial charge in [-0.05, 0) is 0 Å². The Morgan fingerprint density at radius 1 is 1.62 bits per heavy atom. The monoisotopic (exact) mass is 115 g/mol. The first-order valence-corrected chi connectivity index (χ1v) is 2.17. The third-order valence-corrected chi connectivity index (χ3v) is 0.958. The van der Waals surface area contributed by atoms with Crippen molar-refractivity contribution in [3.63, 3.8) is 0 Å². The summed E-state index contributed by atoms with van der Waals surface area (Å²) in [7, 11) is 0. The van der Waals surface area contributed by atoms with Crippen LogP contribution in [0.5, 0.6) is 0 Å². The minimum atomic E-state index is -1.02. The maximum absolute atomic E-state index is 10.3. The van der Waals surface area contributed by atoms with Crippen molar-refractivity contribution >= 4 is 11.8 Å². The number of ether oxygens (including phenoxy) is 1. The number of hydrogen-bond donors (Lipinski definition) is 1. The topological polar surface area (TPSA) is 69.4 Å². The highest BCUT2D eigenvalue weighted by Crippen LogP contribution is 1.97. The SMILES string of the molecule is N[C@H]1C(=O)COC1=O. The van der Waals surface area contributed by atoms with Gasteiger partial charge in [0.05, 0.1) is 0 Å². The Hall–Kier alpha value is -0.900. The van der Waals surface area contributed by atoms with Gasteiger partial charge in [-0.1, -0.05) is 0 Å². The molecule has 44 valence electrons. The molecule has 0 aliphatic carbocycles.